The zero-order valence-electron chi connectivity index (χ0n) is 7.01. The van der Waals surface area contributed by atoms with E-state index in [0.29, 0.717) is 0 Å². The highest BCUT2D eigenvalue weighted by Gasteiger charge is 1.96. The van der Waals surface area contributed by atoms with Crippen molar-refractivity contribution in [3.05, 3.63) is 18.4 Å². The van der Waals surface area contributed by atoms with Gasteiger partial charge in [-0.2, -0.15) is 8.42 Å². The summed E-state index contributed by atoms with van der Waals surface area (Å²) < 4.78 is 34.4. The third-order valence-corrected chi connectivity index (χ3v) is 0.739. The van der Waals surface area contributed by atoms with Crippen LogP contribution in [0.5, 0.6) is 5.95 Å². The fraction of sp³-hybridized carbons (Fsp3) is 0.167. The van der Waals surface area contributed by atoms with E-state index in [4.69, 9.17) is 17.4 Å². The van der Waals surface area contributed by atoms with Crippen LogP contribution in [0.15, 0.2) is 22.8 Å². The van der Waals surface area contributed by atoms with Crippen molar-refractivity contribution in [2.75, 3.05) is 0 Å². The molecular formula is C6H7ClO6S. The van der Waals surface area contributed by atoms with Crippen molar-refractivity contribution in [2.45, 2.75) is 6.92 Å². The molecule has 6 nitrogen and oxygen atoms in total. The summed E-state index contributed by atoms with van der Waals surface area (Å²) >= 11 is 0. The number of halogens is 1. The number of rotatable bonds is 1. The molecule has 0 atom stereocenters. The van der Waals surface area contributed by atoms with Gasteiger partial charge >= 0.3 is 15.3 Å². The molecule has 0 amide bonds. The molecule has 80 valence electrons. The van der Waals surface area contributed by atoms with E-state index in [1.807, 2.05) is 0 Å². The van der Waals surface area contributed by atoms with Gasteiger partial charge < -0.3 is 9.15 Å². The average Bonchev–Trinajstić information content (AvgIpc) is 2.33. The summed E-state index contributed by atoms with van der Waals surface area (Å²) in [6, 6.07) is 3.22. The van der Waals surface area contributed by atoms with E-state index in [0.717, 1.165) is 0 Å². The molecule has 0 aliphatic heterocycles. The molecule has 1 rings (SSSR count). The Morgan fingerprint density at radius 3 is 2.43 bits per heavy atom. The normalized spacial score (nSPS) is 9.93. The Morgan fingerprint density at radius 2 is 2.14 bits per heavy atom. The molecule has 1 aromatic rings. The van der Waals surface area contributed by atoms with Crippen molar-refractivity contribution >= 4 is 26.0 Å². The van der Waals surface area contributed by atoms with E-state index in [1.54, 1.807) is 12.1 Å². The van der Waals surface area contributed by atoms with E-state index in [-0.39, 0.29) is 11.9 Å². The zero-order chi connectivity index (χ0) is 11.2. The summed E-state index contributed by atoms with van der Waals surface area (Å²) in [6.45, 7) is 1.32. The molecule has 0 aliphatic carbocycles. The maximum absolute atomic E-state index is 10.2. The highest BCUT2D eigenvalue weighted by molar-refractivity contribution is 8.09. The third kappa shape index (κ3) is 11.0. The molecule has 0 bridgehead atoms. The van der Waals surface area contributed by atoms with Crippen LogP contribution in [-0.2, 0) is 14.1 Å². The fourth-order valence-electron chi connectivity index (χ4n) is 0.463. The minimum absolute atomic E-state index is 0.238. The first kappa shape index (κ1) is 12.9. The highest BCUT2D eigenvalue weighted by Crippen LogP contribution is 2.09. The lowest BCUT2D eigenvalue weighted by molar-refractivity contribution is -0.133. The molecule has 1 aromatic heterocycles. The van der Waals surface area contributed by atoms with Gasteiger partial charge in [-0.25, -0.2) is 0 Å². The van der Waals surface area contributed by atoms with Crippen LogP contribution in [-0.4, -0.2) is 18.9 Å². The zero-order valence-corrected chi connectivity index (χ0v) is 8.58. The SMILES string of the molecule is CC(=O)Oc1ccco1.O=S(=O)(O)Cl. The Labute approximate surface area is 84.7 Å². The summed E-state index contributed by atoms with van der Waals surface area (Å²) in [5.41, 5.74) is 0. The topological polar surface area (TPSA) is 93.8 Å². The number of furan rings is 1. The lowest BCUT2D eigenvalue weighted by atomic mass is 10.6. The molecule has 1 heterocycles. The second-order valence-corrected chi connectivity index (χ2v) is 3.93. The van der Waals surface area contributed by atoms with Crippen LogP contribution in [0.2, 0.25) is 0 Å². The largest absolute Gasteiger partial charge is 0.434 e. The van der Waals surface area contributed by atoms with Gasteiger partial charge in [0.05, 0.1) is 6.26 Å². The van der Waals surface area contributed by atoms with Gasteiger partial charge in [-0.1, -0.05) is 0 Å². The van der Waals surface area contributed by atoms with Gasteiger partial charge in [0.2, 0.25) is 0 Å². The van der Waals surface area contributed by atoms with Crippen molar-refractivity contribution in [3.63, 3.8) is 0 Å². The van der Waals surface area contributed by atoms with Gasteiger partial charge in [0.1, 0.15) is 0 Å². The second kappa shape index (κ2) is 5.63. The monoisotopic (exact) mass is 242 g/mol. The standard InChI is InChI=1S/C6H6O3.ClHO3S/c1-5(7)9-6-3-2-4-8-6;1-5(2,3)4/h2-4H,1H3;(H,2,3,4). The van der Waals surface area contributed by atoms with Crippen molar-refractivity contribution in [1.29, 1.82) is 0 Å². The molecule has 0 radical (unpaired) electrons. The molecule has 0 unspecified atom stereocenters. The number of esters is 1. The Bertz CT molecular complexity index is 359. The van der Waals surface area contributed by atoms with Crippen LogP contribution < -0.4 is 4.74 Å². The van der Waals surface area contributed by atoms with Crippen LogP contribution in [0.25, 0.3) is 0 Å². The molecule has 0 saturated heterocycles. The lowest BCUT2D eigenvalue weighted by Gasteiger charge is -1.90. The fourth-order valence-corrected chi connectivity index (χ4v) is 0.463. The average molecular weight is 243 g/mol. The quantitative estimate of drug-likeness (QED) is 0.452. The molecular weight excluding hydrogens is 236 g/mol. The predicted octanol–water partition coefficient (Wildman–Crippen LogP) is 1.23. The maximum atomic E-state index is 10.2. The van der Waals surface area contributed by atoms with Crippen molar-refractivity contribution < 1.29 is 26.9 Å². The molecule has 0 spiro atoms. The molecule has 0 aliphatic rings. The highest BCUT2D eigenvalue weighted by atomic mass is 35.7. The first-order valence-electron chi connectivity index (χ1n) is 3.18. The van der Waals surface area contributed by atoms with Crippen molar-refractivity contribution in [2.24, 2.45) is 0 Å². The Balaban J connectivity index is 0.000000292. The number of hydrogen-bond acceptors (Lipinski definition) is 5. The van der Waals surface area contributed by atoms with Crippen LogP contribution in [0.4, 0.5) is 0 Å². The number of carbonyl (C=O) groups is 1. The van der Waals surface area contributed by atoms with Gasteiger partial charge in [0.25, 0.3) is 5.95 Å². The second-order valence-electron chi connectivity index (χ2n) is 1.94. The van der Waals surface area contributed by atoms with Gasteiger partial charge in [-0.3, -0.25) is 9.35 Å². The van der Waals surface area contributed by atoms with E-state index < -0.39 is 9.33 Å². The molecule has 0 fully saturated rings. The van der Waals surface area contributed by atoms with Gasteiger partial charge in [-0.15, -0.1) is 0 Å². The van der Waals surface area contributed by atoms with Crippen LogP contribution in [0.3, 0.4) is 0 Å². The van der Waals surface area contributed by atoms with Crippen LogP contribution in [0.1, 0.15) is 6.92 Å². The van der Waals surface area contributed by atoms with Gasteiger partial charge in [0.15, 0.2) is 0 Å². The molecule has 14 heavy (non-hydrogen) atoms. The summed E-state index contributed by atoms with van der Waals surface area (Å²) in [4.78, 5) is 10.2. The number of hydrogen-bond donors (Lipinski definition) is 1. The van der Waals surface area contributed by atoms with Crippen molar-refractivity contribution in [3.8, 4) is 5.95 Å². The first-order chi connectivity index (χ1) is 6.29. The summed E-state index contributed by atoms with van der Waals surface area (Å²) in [7, 11) is -0.137. The summed E-state index contributed by atoms with van der Waals surface area (Å²) in [6.07, 6.45) is 1.44. The first-order valence-corrected chi connectivity index (χ1v) is 5.44. The van der Waals surface area contributed by atoms with E-state index in [2.05, 4.69) is 15.4 Å². The Kier molecular flexibility index (Phi) is 5.21. The number of carbonyl (C=O) groups excluding carboxylic acids is 1. The van der Waals surface area contributed by atoms with Gasteiger partial charge in [0, 0.05) is 23.7 Å². The summed E-state index contributed by atoms with van der Waals surface area (Å²) in [5, 5.41) is 0. The minimum atomic E-state index is -4.19. The van der Waals surface area contributed by atoms with Gasteiger partial charge in [-0.05, 0) is 6.07 Å². The third-order valence-electron chi connectivity index (χ3n) is 0.739. The predicted molar refractivity (Wildman–Crippen MR) is 47.4 cm³/mol. The minimum Gasteiger partial charge on any atom is -0.434 e. The number of ether oxygens (including phenoxy) is 1. The molecule has 0 aromatic carbocycles. The Hall–Kier alpha value is -1.05. The Morgan fingerprint density at radius 1 is 1.64 bits per heavy atom. The van der Waals surface area contributed by atoms with Crippen LogP contribution in [0, 0.1) is 0 Å². The van der Waals surface area contributed by atoms with Crippen molar-refractivity contribution in [1.82, 2.24) is 0 Å². The van der Waals surface area contributed by atoms with E-state index in [1.165, 1.54) is 13.2 Å². The smallest absolute Gasteiger partial charge is 0.353 e. The lowest BCUT2D eigenvalue weighted by Crippen LogP contribution is -1.99. The van der Waals surface area contributed by atoms with E-state index in [9.17, 15) is 4.79 Å². The van der Waals surface area contributed by atoms with E-state index >= 15 is 0 Å². The maximum Gasteiger partial charge on any atom is 0.353 e. The molecule has 8 heteroatoms. The molecule has 0 saturated carbocycles. The van der Waals surface area contributed by atoms with Crippen LogP contribution >= 0.6 is 10.7 Å². The molecule has 1 N–H and O–H groups in total. The summed E-state index contributed by atoms with van der Waals surface area (Å²) in [5.74, 6) is -0.132.